The number of hydrogen-bond acceptors (Lipinski definition) is 6. The Kier molecular flexibility index (Phi) is 6.24. The molecule has 5 aromatic rings. The van der Waals surface area contributed by atoms with Crippen LogP contribution in [0.25, 0.3) is 27.8 Å². The molecule has 2 aromatic heterocycles. The van der Waals surface area contributed by atoms with Gasteiger partial charge in [0.25, 0.3) is 0 Å². The molecule has 0 bridgehead atoms. The first-order valence-corrected chi connectivity index (χ1v) is 11.9. The fraction of sp³-hybridized carbons (Fsp3) is 0.115. The molecule has 0 saturated heterocycles. The van der Waals surface area contributed by atoms with E-state index < -0.39 is 17.3 Å². The van der Waals surface area contributed by atoms with Crippen LogP contribution in [0.5, 0.6) is 5.75 Å². The molecule has 3 aromatic carbocycles. The highest BCUT2D eigenvalue weighted by atomic mass is 32.2. The van der Waals surface area contributed by atoms with Crippen LogP contribution in [0.15, 0.2) is 87.2 Å². The highest BCUT2D eigenvalue weighted by molar-refractivity contribution is 7.99. The summed E-state index contributed by atoms with van der Waals surface area (Å²) in [5, 5.41) is 3.56. The van der Waals surface area contributed by atoms with E-state index in [4.69, 9.17) is 14.1 Å². The van der Waals surface area contributed by atoms with Crippen LogP contribution in [0, 0.1) is 5.82 Å². The minimum Gasteiger partial charge on any atom is -0.494 e. The van der Waals surface area contributed by atoms with Crippen LogP contribution in [0.3, 0.4) is 0 Å². The Bertz CT molecular complexity index is 1590. The fourth-order valence-corrected chi connectivity index (χ4v) is 4.49. The SMILES string of the molecule is CCOc1ccc(-n2c(SCC(=O)Nc3ccccc3F)nc3c(oc4ccccc43)c2=O)cc1. The maximum atomic E-state index is 13.9. The van der Waals surface area contributed by atoms with Gasteiger partial charge < -0.3 is 14.5 Å². The Balaban J connectivity index is 1.55. The van der Waals surface area contributed by atoms with Gasteiger partial charge in [0.1, 0.15) is 22.7 Å². The summed E-state index contributed by atoms with van der Waals surface area (Å²) in [5.41, 5.74) is 1.33. The maximum Gasteiger partial charge on any atom is 0.302 e. The van der Waals surface area contributed by atoms with Crippen molar-refractivity contribution in [2.45, 2.75) is 12.1 Å². The normalized spacial score (nSPS) is 11.1. The van der Waals surface area contributed by atoms with Gasteiger partial charge >= 0.3 is 5.56 Å². The first-order chi connectivity index (χ1) is 17.0. The number of ether oxygens (including phenoxy) is 1. The molecule has 35 heavy (non-hydrogen) atoms. The molecule has 0 atom stereocenters. The van der Waals surface area contributed by atoms with Crippen molar-refractivity contribution in [3.63, 3.8) is 0 Å². The van der Waals surface area contributed by atoms with Crippen molar-refractivity contribution in [3.05, 3.63) is 89.0 Å². The van der Waals surface area contributed by atoms with Crippen molar-refractivity contribution in [3.8, 4) is 11.4 Å². The molecular weight excluding hydrogens is 469 g/mol. The first kappa shape index (κ1) is 22.7. The van der Waals surface area contributed by atoms with Crippen LogP contribution in [0.1, 0.15) is 6.92 Å². The Hall–Kier alpha value is -4.11. The zero-order valence-corrected chi connectivity index (χ0v) is 19.5. The standard InChI is InChI=1S/C26H20FN3O4S/c1-2-33-17-13-11-16(12-14-17)30-25(32)24-23(18-7-3-6-10-21(18)34-24)29-26(30)35-15-22(31)28-20-9-5-4-8-19(20)27/h3-14H,2,15H2,1H3,(H,28,31). The molecule has 0 fully saturated rings. The van der Waals surface area contributed by atoms with Gasteiger partial charge in [0.05, 0.1) is 23.7 Å². The van der Waals surface area contributed by atoms with Gasteiger partial charge in [0.2, 0.25) is 11.5 Å². The predicted molar refractivity (Wildman–Crippen MR) is 134 cm³/mol. The number of amides is 1. The minimum absolute atomic E-state index is 0.0842. The van der Waals surface area contributed by atoms with E-state index in [1.54, 1.807) is 42.5 Å². The van der Waals surface area contributed by atoms with Crippen LogP contribution < -0.4 is 15.6 Å². The number of nitrogens with zero attached hydrogens (tertiary/aromatic N) is 2. The van der Waals surface area contributed by atoms with E-state index in [-0.39, 0.29) is 17.0 Å². The summed E-state index contributed by atoms with van der Waals surface area (Å²) >= 11 is 1.07. The predicted octanol–water partition coefficient (Wildman–Crippen LogP) is 5.40. The second-order valence-electron chi connectivity index (χ2n) is 7.55. The van der Waals surface area contributed by atoms with Gasteiger partial charge in [-0.25, -0.2) is 9.37 Å². The number of para-hydroxylation sites is 2. The molecule has 0 unspecified atom stereocenters. The van der Waals surface area contributed by atoms with Crippen LogP contribution in [-0.4, -0.2) is 27.8 Å². The average Bonchev–Trinajstić information content (AvgIpc) is 3.24. The van der Waals surface area contributed by atoms with E-state index in [0.717, 1.165) is 11.8 Å². The summed E-state index contributed by atoms with van der Waals surface area (Å²) < 4.78 is 26.7. The number of benzene rings is 3. The van der Waals surface area contributed by atoms with Crippen molar-refractivity contribution < 1.29 is 18.3 Å². The van der Waals surface area contributed by atoms with Crippen LogP contribution >= 0.6 is 11.8 Å². The summed E-state index contributed by atoms with van der Waals surface area (Å²) in [6.07, 6.45) is 0. The molecule has 1 N–H and O–H groups in total. The third kappa shape index (κ3) is 4.50. The van der Waals surface area contributed by atoms with E-state index in [0.29, 0.717) is 39.7 Å². The second kappa shape index (κ2) is 9.63. The molecule has 5 rings (SSSR count). The van der Waals surface area contributed by atoms with Crippen LogP contribution in [0.4, 0.5) is 10.1 Å². The second-order valence-corrected chi connectivity index (χ2v) is 8.50. The monoisotopic (exact) mass is 489 g/mol. The molecule has 2 heterocycles. The number of fused-ring (bicyclic) bond motifs is 3. The Labute approximate surface area is 203 Å². The lowest BCUT2D eigenvalue weighted by Gasteiger charge is -2.12. The summed E-state index contributed by atoms with van der Waals surface area (Å²) in [5.74, 6) is -0.370. The van der Waals surface area contributed by atoms with Gasteiger partial charge in [-0.05, 0) is 55.5 Å². The third-order valence-corrected chi connectivity index (χ3v) is 6.19. The number of aromatic nitrogens is 2. The maximum absolute atomic E-state index is 13.9. The van der Waals surface area contributed by atoms with Gasteiger partial charge in [-0.1, -0.05) is 36.0 Å². The van der Waals surface area contributed by atoms with E-state index in [1.807, 2.05) is 25.1 Å². The van der Waals surface area contributed by atoms with Crippen LogP contribution in [0.2, 0.25) is 0 Å². The third-order valence-electron chi connectivity index (χ3n) is 5.25. The fourth-order valence-electron chi connectivity index (χ4n) is 3.68. The largest absolute Gasteiger partial charge is 0.494 e. The smallest absolute Gasteiger partial charge is 0.302 e. The summed E-state index contributed by atoms with van der Waals surface area (Å²) in [4.78, 5) is 30.8. The Morgan fingerprint density at radius 1 is 1.09 bits per heavy atom. The summed E-state index contributed by atoms with van der Waals surface area (Å²) in [7, 11) is 0. The molecule has 0 spiro atoms. The number of thioether (sulfide) groups is 1. The number of hydrogen-bond donors (Lipinski definition) is 1. The van der Waals surface area contributed by atoms with Gasteiger partial charge in [-0.15, -0.1) is 0 Å². The summed E-state index contributed by atoms with van der Waals surface area (Å²) in [6, 6.07) is 20.2. The molecule has 0 radical (unpaired) electrons. The average molecular weight is 490 g/mol. The van der Waals surface area contributed by atoms with Crippen molar-refractivity contribution in [2.24, 2.45) is 0 Å². The number of nitrogens with one attached hydrogen (secondary N) is 1. The zero-order valence-electron chi connectivity index (χ0n) is 18.7. The number of anilines is 1. The quantitative estimate of drug-likeness (QED) is 0.243. The van der Waals surface area contributed by atoms with Crippen molar-refractivity contribution >= 4 is 45.4 Å². The molecule has 1 amide bonds. The van der Waals surface area contributed by atoms with Crippen LogP contribution in [-0.2, 0) is 4.79 Å². The molecule has 0 saturated carbocycles. The highest BCUT2D eigenvalue weighted by Gasteiger charge is 2.20. The number of halogens is 1. The van der Waals surface area contributed by atoms with E-state index in [1.165, 1.54) is 16.7 Å². The van der Waals surface area contributed by atoms with Gasteiger partial charge in [0.15, 0.2) is 5.16 Å². The Morgan fingerprint density at radius 3 is 2.60 bits per heavy atom. The summed E-state index contributed by atoms with van der Waals surface area (Å²) in [6.45, 7) is 2.41. The zero-order chi connectivity index (χ0) is 24.4. The van der Waals surface area contributed by atoms with E-state index in [9.17, 15) is 14.0 Å². The number of rotatable bonds is 7. The van der Waals surface area contributed by atoms with E-state index >= 15 is 0 Å². The number of furan rings is 1. The molecule has 0 aliphatic rings. The lowest BCUT2D eigenvalue weighted by molar-refractivity contribution is -0.113. The van der Waals surface area contributed by atoms with Gasteiger partial charge in [-0.3, -0.25) is 14.2 Å². The van der Waals surface area contributed by atoms with E-state index in [2.05, 4.69) is 5.32 Å². The van der Waals surface area contributed by atoms with Crippen molar-refractivity contribution in [1.82, 2.24) is 9.55 Å². The first-order valence-electron chi connectivity index (χ1n) is 10.9. The van der Waals surface area contributed by atoms with Crippen molar-refractivity contribution in [1.29, 1.82) is 0 Å². The molecule has 7 nitrogen and oxygen atoms in total. The molecule has 9 heteroatoms. The van der Waals surface area contributed by atoms with Crippen molar-refractivity contribution in [2.75, 3.05) is 17.7 Å². The molecule has 176 valence electrons. The topological polar surface area (TPSA) is 86.4 Å². The highest BCUT2D eigenvalue weighted by Crippen LogP contribution is 2.29. The molecular formula is C26H20FN3O4S. The number of carbonyl (C=O) groups excluding carboxylic acids is 1. The minimum atomic E-state index is -0.526. The molecule has 0 aliphatic carbocycles. The molecule has 0 aliphatic heterocycles. The number of carbonyl (C=O) groups is 1. The lowest BCUT2D eigenvalue weighted by Crippen LogP contribution is -2.22. The lowest BCUT2D eigenvalue weighted by atomic mass is 10.2. The Morgan fingerprint density at radius 2 is 1.83 bits per heavy atom. The van der Waals surface area contributed by atoms with Gasteiger partial charge in [-0.2, -0.15) is 0 Å². The van der Waals surface area contributed by atoms with Gasteiger partial charge in [0, 0.05) is 5.39 Å².